The predicted octanol–water partition coefficient (Wildman–Crippen LogP) is 10.1. The lowest BCUT2D eigenvalue weighted by atomic mass is 10.1. The molecule has 10 rings (SSSR count). The molecule has 0 aliphatic heterocycles. The molecule has 0 amide bonds. The molecule has 0 spiro atoms. The number of nitrogens with two attached hydrogens (primary N) is 1. The van der Waals surface area contributed by atoms with Gasteiger partial charge in [-0.15, -0.1) is 20.4 Å². The Morgan fingerprint density at radius 2 is 1.24 bits per heavy atom. The summed E-state index contributed by atoms with van der Waals surface area (Å²) in [7, 11) is 0. The molecule has 3 aromatic carbocycles. The van der Waals surface area contributed by atoms with Crippen LogP contribution >= 0.6 is 43.6 Å². The average molecular weight is 950 g/mol. The van der Waals surface area contributed by atoms with Crippen molar-refractivity contribution in [2.45, 2.75) is 25.7 Å². The maximum atomic E-state index is 14.1. The molecule has 7 aromatic heterocycles. The number of aromatic nitrogens is 8. The zero-order valence-corrected chi connectivity index (χ0v) is 33.8. The molecule has 14 nitrogen and oxygen atoms in total. The number of nitrogens with one attached hydrogen (secondary N) is 1. The minimum atomic E-state index is -0.508. The minimum absolute atomic E-state index is 0. The van der Waals surface area contributed by atoms with E-state index in [9.17, 15) is 13.2 Å². The monoisotopic (exact) mass is 947 g/mol. The van der Waals surface area contributed by atoms with Gasteiger partial charge in [0.05, 0.1) is 33.3 Å². The first kappa shape index (κ1) is 42.3. The first-order chi connectivity index (χ1) is 28.2. The Kier molecular flexibility index (Phi) is 13.6. The Bertz CT molecular complexity index is 3070. The Morgan fingerprint density at radius 1 is 0.729 bits per heavy atom. The molecule has 0 fully saturated rings. The van der Waals surface area contributed by atoms with Gasteiger partial charge < -0.3 is 24.3 Å². The average Bonchev–Trinajstić information content (AvgIpc) is 4.09. The van der Waals surface area contributed by atoms with E-state index in [2.05, 4.69) is 67.5 Å². The largest absolute Gasteiger partial charge is 0.464 e. The molecular formula is C39H30Br2F3N11O3S. The van der Waals surface area contributed by atoms with E-state index in [-0.39, 0.29) is 37.7 Å². The molecule has 0 aliphatic rings. The van der Waals surface area contributed by atoms with Crippen LogP contribution in [0, 0.1) is 28.8 Å². The van der Waals surface area contributed by atoms with Gasteiger partial charge in [0.15, 0.2) is 16.5 Å². The number of nitriles is 1. The maximum Gasteiger partial charge on any atom is 0.210 e. The van der Waals surface area contributed by atoms with E-state index in [0.29, 0.717) is 44.9 Å². The molecular weight excluding hydrogens is 919 g/mol. The lowest BCUT2D eigenvalue weighted by Gasteiger charge is -2.09. The van der Waals surface area contributed by atoms with Gasteiger partial charge in [-0.05, 0) is 92.7 Å². The first-order valence-corrected chi connectivity index (χ1v) is 19.5. The number of benzene rings is 3. The molecule has 10 aromatic rings. The van der Waals surface area contributed by atoms with Crippen LogP contribution in [0.25, 0.3) is 44.2 Å². The quantitative estimate of drug-likeness (QED) is 0.123. The van der Waals surface area contributed by atoms with Gasteiger partial charge in [-0.1, -0.05) is 19.2 Å². The highest BCUT2D eigenvalue weighted by molar-refractivity contribution is 9.11. The van der Waals surface area contributed by atoms with Crippen molar-refractivity contribution in [3.05, 3.63) is 142 Å². The van der Waals surface area contributed by atoms with Crippen LogP contribution in [0.4, 0.5) is 19.1 Å². The van der Waals surface area contributed by atoms with Crippen LogP contribution in [0.1, 0.15) is 24.1 Å². The van der Waals surface area contributed by atoms with E-state index >= 15 is 0 Å². The van der Waals surface area contributed by atoms with Crippen molar-refractivity contribution in [3.63, 3.8) is 0 Å². The van der Waals surface area contributed by atoms with Crippen LogP contribution in [-0.4, -0.2) is 45.4 Å². The van der Waals surface area contributed by atoms with Crippen LogP contribution in [0.3, 0.4) is 0 Å². The summed E-state index contributed by atoms with van der Waals surface area (Å²) < 4.78 is 60.6. The molecule has 300 valence electrons. The molecule has 0 radical (unpaired) electrons. The van der Waals surface area contributed by atoms with Crippen molar-refractivity contribution in [2.24, 2.45) is 5.73 Å². The minimum Gasteiger partial charge on any atom is -0.464 e. The molecule has 20 heteroatoms. The molecule has 0 saturated carbocycles. The fourth-order valence-electron chi connectivity index (χ4n) is 5.68. The summed E-state index contributed by atoms with van der Waals surface area (Å²) in [6.07, 6.45) is 13.0. The third kappa shape index (κ3) is 8.92. The van der Waals surface area contributed by atoms with E-state index in [1.54, 1.807) is 83.9 Å². The van der Waals surface area contributed by atoms with Crippen molar-refractivity contribution in [1.82, 2.24) is 39.2 Å². The second kappa shape index (κ2) is 19.0. The summed E-state index contributed by atoms with van der Waals surface area (Å²) in [6, 6.07) is 15.6. The number of halogens is 5. The Morgan fingerprint density at radius 3 is 1.83 bits per heavy atom. The van der Waals surface area contributed by atoms with E-state index < -0.39 is 5.82 Å². The number of thioether (sulfide) groups is 1. The summed E-state index contributed by atoms with van der Waals surface area (Å²) >= 11 is 8.27. The van der Waals surface area contributed by atoms with Crippen LogP contribution in [0.15, 0.2) is 126 Å². The molecule has 7 heterocycles. The van der Waals surface area contributed by atoms with Crippen LogP contribution < -0.4 is 11.1 Å². The van der Waals surface area contributed by atoms with Crippen LogP contribution in [-0.2, 0) is 13.1 Å². The highest BCUT2D eigenvalue weighted by atomic mass is 79.9. The molecule has 0 bridgehead atoms. The fourth-order valence-corrected chi connectivity index (χ4v) is 6.92. The second-order valence-electron chi connectivity index (χ2n) is 11.7. The molecule has 0 aliphatic carbocycles. The Balaban J connectivity index is 0.000000138. The van der Waals surface area contributed by atoms with Gasteiger partial charge >= 0.3 is 0 Å². The standard InChI is InChI=1S/C14H9BrFN5O.C9H8FNO.C9H4FNO.C6H5BrN4S.CH4/c15-10-6-18-14(21-7-19-20-13(10)21)17-5-9-8-3-4-22-12(8)2-1-11(9)16;2*10-8-1-2-9-6(3-4-12-9)7(8)5-11;1-12-6-8-2-4(7)5-10-9-3-11(5)6;/h1-4,6-7H,5H2,(H,17,18);1-4H,5,11H2;1-4H;2-3H,1H3;1H4. The van der Waals surface area contributed by atoms with Gasteiger partial charge in [0.1, 0.15) is 52.9 Å². The Labute approximate surface area is 353 Å². The summed E-state index contributed by atoms with van der Waals surface area (Å²) in [5.41, 5.74) is 9.78. The molecule has 0 unspecified atom stereocenters. The van der Waals surface area contributed by atoms with Crippen LogP contribution in [0.2, 0.25) is 0 Å². The van der Waals surface area contributed by atoms with Crippen molar-refractivity contribution >= 4 is 93.8 Å². The fraction of sp³-hybridized carbons (Fsp3) is 0.103. The summed E-state index contributed by atoms with van der Waals surface area (Å²) in [4.78, 5) is 8.47. The number of hydrogen-bond donors (Lipinski definition) is 2. The van der Waals surface area contributed by atoms with Gasteiger partial charge in [-0.3, -0.25) is 8.80 Å². The zero-order chi connectivity index (χ0) is 40.8. The molecule has 0 atom stereocenters. The smallest absolute Gasteiger partial charge is 0.210 e. The van der Waals surface area contributed by atoms with E-state index in [4.69, 9.17) is 24.2 Å². The molecule has 0 saturated heterocycles. The number of furan rings is 3. The van der Waals surface area contributed by atoms with Gasteiger partial charge in [-0.25, -0.2) is 23.1 Å². The number of hydrogen-bond acceptors (Lipinski definition) is 13. The van der Waals surface area contributed by atoms with Crippen molar-refractivity contribution in [1.29, 1.82) is 5.26 Å². The summed E-state index contributed by atoms with van der Waals surface area (Å²) in [5, 5.41) is 30.2. The predicted molar refractivity (Wildman–Crippen MR) is 224 cm³/mol. The number of rotatable bonds is 5. The number of fused-ring (bicyclic) bond motifs is 5. The zero-order valence-electron chi connectivity index (χ0n) is 29.8. The van der Waals surface area contributed by atoms with Crippen LogP contribution in [0.5, 0.6) is 0 Å². The Hall–Kier alpha value is -6.27. The third-order valence-electron chi connectivity index (χ3n) is 8.43. The lowest BCUT2D eigenvalue weighted by Crippen LogP contribution is -2.08. The number of anilines is 1. The van der Waals surface area contributed by atoms with E-state index in [1.807, 2.05) is 10.7 Å². The molecule has 59 heavy (non-hydrogen) atoms. The summed E-state index contributed by atoms with van der Waals surface area (Å²) in [5.74, 6) is -0.542. The highest BCUT2D eigenvalue weighted by Gasteiger charge is 2.13. The van der Waals surface area contributed by atoms with Crippen molar-refractivity contribution in [3.8, 4) is 6.07 Å². The van der Waals surface area contributed by atoms with Gasteiger partial charge in [0.25, 0.3) is 0 Å². The van der Waals surface area contributed by atoms with E-state index in [1.165, 1.54) is 36.8 Å². The molecule has 3 N–H and O–H groups in total. The SMILES string of the molecule is C.CSc1ncc(Br)c2nncn12.Fc1ccc2occc2c1CNc1ncc(Br)c2nncn12.N#Cc1c(F)ccc2occc12.NCc1c(F)ccc2occc12. The highest BCUT2D eigenvalue weighted by Crippen LogP contribution is 2.26. The third-order valence-corrected chi connectivity index (χ3v) is 10.2. The number of nitrogens with zero attached hydrogens (tertiary/aromatic N) is 9. The second-order valence-corrected chi connectivity index (χ2v) is 14.2. The summed E-state index contributed by atoms with van der Waals surface area (Å²) in [6.45, 7) is 0.466. The van der Waals surface area contributed by atoms with Gasteiger partial charge in [0.2, 0.25) is 5.95 Å². The van der Waals surface area contributed by atoms with Gasteiger partial charge in [0, 0.05) is 52.8 Å². The van der Waals surface area contributed by atoms with Crippen molar-refractivity contribution < 1.29 is 26.4 Å². The van der Waals surface area contributed by atoms with Crippen molar-refractivity contribution in [2.75, 3.05) is 11.6 Å². The first-order valence-electron chi connectivity index (χ1n) is 16.7. The lowest BCUT2D eigenvalue weighted by molar-refractivity contribution is 0.602. The normalized spacial score (nSPS) is 10.7. The van der Waals surface area contributed by atoms with Gasteiger partial charge in [-0.2, -0.15) is 5.26 Å². The maximum absolute atomic E-state index is 14.1. The van der Waals surface area contributed by atoms with E-state index in [0.717, 1.165) is 30.5 Å². The topological polar surface area (TPSA) is 187 Å².